The number of amides is 3. The molecular weight excluding hydrogens is 528 g/mol. The first-order valence-electron chi connectivity index (χ1n) is 12.5. The summed E-state index contributed by atoms with van der Waals surface area (Å²) < 4.78 is 33.6. The summed E-state index contributed by atoms with van der Waals surface area (Å²) in [5.41, 5.74) is 2.25. The van der Waals surface area contributed by atoms with Gasteiger partial charge in [-0.1, -0.05) is 30.3 Å². The Balaban J connectivity index is 1.81. The second-order valence-electron chi connectivity index (χ2n) is 9.23. The van der Waals surface area contributed by atoms with Crippen LogP contribution in [-0.2, 0) is 26.0 Å². The summed E-state index contributed by atoms with van der Waals surface area (Å²) in [4.78, 5) is 38.1. The largest absolute Gasteiger partial charge is 0.497 e. The first-order chi connectivity index (χ1) is 18.6. The van der Waals surface area contributed by atoms with E-state index in [1.54, 1.807) is 40.7 Å². The number of nitrogens with zero attached hydrogens (tertiary/aromatic N) is 2. The van der Waals surface area contributed by atoms with Gasteiger partial charge in [0.15, 0.2) is 0 Å². The molecule has 1 aliphatic heterocycles. The fourth-order valence-electron chi connectivity index (χ4n) is 4.55. The minimum absolute atomic E-state index is 0.0290. The molecule has 39 heavy (non-hydrogen) atoms. The third kappa shape index (κ3) is 8.15. The normalized spacial score (nSPS) is 15.0. The Labute approximate surface area is 227 Å². The summed E-state index contributed by atoms with van der Waals surface area (Å²) in [6.45, 7) is 0.850. The molecule has 3 amide bonds. The number of hydrogen-bond acceptors (Lipinski definition) is 7. The van der Waals surface area contributed by atoms with Crippen LogP contribution in [0, 0.1) is 5.92 Å². The Morgan fingerprint density at radius 2 is 1.72 bits per heavy atom. The van der Waals surface area contributed by atoms with Gasteiger partial charge in [0.2, 0.25) is 15.9 Å². The summed E-state index contributed by atoms with van der Waals surface area (Å²) in [5, 5.41) is 20.6. The molecule has 3 rings (SSSR count). The number of nitrogens with one attached hydrogen (secondary N) is 2. The number of carbonyl (C=O) groups is 3. The van der Waals surface area contributed by atoms with E-state index < -0.39 is 28.1 Å². The Hall–Kier alpha value is -3.68. The lowest BCUT2D eigenvalue weighted by Crippen LogP contribution is -2.51. The van der Waals surface area contributed by atoms with Gasteiger partial charge in [0.25, 0.3) is 5.91 Å². The Morgan fingerprint density at radius 3 is 2.28 bits per heavy atom. The molecule has 1 atom stereocenters. The Kier molecular flexibility index (Phi) is 10.7. The SMILES string of the molecule is COc1ccc(S(=O)(=O)N(CCC(=O)N2CCC(CNC(=O)O)CC2)C(Cc2ccccc2)C(=O)NO)cc1. The van der Waals surface area contributed by atoms with Crippen molar-refractivity contribution in [3.63, 3.8) is 0 Å². The number of methoxy groups -OCH3 is 1. The van der Waals surface area contributed by atoms with E-state index in [1.807, 2.05) is 0 Å². The van der Waals surface area contributed by atoms with E-state index in [4.69, 9.17) is 9.84 Å². The molecule has 0 saturated carbocycles. The van der Waals surface area contributed by atoms with E-state index >= 15 is 0 Å². The molecule has 0 bridgehead atoms. The van der Waals surface area contributed by atoms with Crippen molar-refractivity contribution < 1.29 is 37.9 Å². The van der Waals surface area contributed by atoms with Crippen LogP contribution in [0.5, 0.6) is 5.75 Å². The number of rotatable bonds is 12. The number of hydrogen-bond donors (Lipinski definition) is 4. The van der Waals surface area contributed by atoms with Gasteiger partial charge in [-0.05, 0) is 55.0 Å². The molecular formula is C26H34N4O8S. The summed E-state index contributed by atoms with van der Waals surface area (Å²) in [5.74, 6) is -0.639. The zero-order valence-electron chi connectivity index (χ0n) is 21.7. The lowest BCUT2D eigenvalue weighted by atomic mass is 9.96. The zero-order chi connectivity index (χ0) is 28.4. The number of piperidine rings is 1. The van der Waals surface area contributed by atoms with Crippen molar-refractivity contribution in [3.8, 4) is 5.75 Å². The number of ether oxygens (including phenoxy) is 1. The van der Waals surface area contributed by atoms with E-state index in [-0.39, 0.29) is 36.1 Å². The van der Waals surface area contributed by atoms with Crippen LogP contribution in [0.2, 0.25) is 0 Å². The number of carboxylic acid groups (broad SMARTS) is 1. The molecule has 212 valence electrons. The van der Waals surface area contributed by atoms with Crippen LogP contribution < -0.4 is 15.5 Å². The second-order valence-corrected chi connectivity index (χ2v) is 11.1. The van der Waals surface area contributed by atoms with Crippen LogP contribution in [0.1, 0.15) is 24.8 Å². The molecule has 0 spiro atoms. The summed E-state index contributed by atoms with van der Waals surface area (Å²) >= 11 is 0. The smallest absolute Gasteiger partial charge is 0.404 e. The fraction of sp³-hybridized carbons (Fsp3) is 0.423. The van der Waals surface area contributed by atoms with Crippen LogP contribution >= 0.6 is 0 Å². The third-order valence-electron chi connectivity index (χ3n) is 6.75. The standard InChI is InChI=1S/C26H34N4O8S/c1-38-21-7-9-22(10-8-21)39(36,37)30(23(25(32)28-35)17-19-5-3-2-4-6-19)16-13-24(31)29-14-11-20(12-15-29)18-27-26(33)34/h2-10,20,23,27,35H,11-18H2,1H3,(H,28,32)(H,33,34). The number of sulfonamides is 1. The van der Waals surface area contributed by atoms with Crippen molar-refractivity contribution >= 4 is 27.9 Å². The van der Waals surface area contributed by atoms with E-state index in [0.717, 1.165) is 4.31 Å². The molecule has 0 aromatic heterocycles. The molecule has 1 unspecified atom stereocenters. The van der Waals surface area contributed by atoms with Crippen molar-refractivity contribution in [3.05, 3.63) is 60.2 Å². The van der Waals surface area contributed by atoms with Crippen LogP contribution in [0.25, 0.3) is 0 Å². The van der Waals surface area contributed by atoms with Gasteiger partial charge in [-0.25, -0.2) is 18.7 Å². The average molecular weight is 563 g/mol. The van der Waals surface area contributed by atoms with E-state index in [2.05, 4.69) is 5.32 Å². The first-order valence-corrected chi connectivity index (χ1v) is 14.0. The third-order valence-corrected chi connectivity index (χ3v) is 8.68. The molecule has 2 aromatic rings. The quantitative estimate of drug-likeness (QED) is 0.224. The predicted molar refractivity (Wildman–Crippen MR) is 141 cm³/mol. The molecule has 1 aliphatic rings. The minimum atomic E-state index is -4.28. The van der Waals surface area contributed by atoms with Gasteiger partial charge in [-0.2, -0.15) is 4.31 Å². The Bertz CT molecular complexity index is 1220. The highest BCUT2D eigenvalue weighted by atomic mass is 32.2. The van der Waals surface area contributed by atoms with Crippen LogP contribution in [-0.4, -0.2) is 85.2 Å². The molecule has 4 N–H and O–H groups in total. The van der Waals surface area contributed by atoms with Gasteiger partial charge < -0.3 is 20.1 Å². The predicted octanol–water partition coefficient (Wildman–Crippen LogP) is 1.70. The maximum Gasteiger partial charge on any atom is 0.404 e. The zero-order valence-corrected chi connectivity index (χ0v) is 22.5. The summed E-state index contributed by atoms with van der Waals surface area (Å²) in [6.07, 6.45) is -0.0769. The van der Waals surface area contributed by atoms with Crippen molar-refractivity contribution in [2.75, 3.05) is 33.3 Å². The van der Waals surface area contributed by atoms with Gasteiger partial charge in [-0.3, -0.25) is 14.8 Å². The average Bonchev–Trinajstić information content (AvgIpc) is 2.95. The molecule has 1 saturated heterocycles. The maximum absolute atomic E-state index is 13.8. The van der Waals surface area contributed by atoms with Gasteiger partial charge in [0.05, 0.1) is 12.0 Å². The molecule has 13 heteroatoms. The molecule has 12 nitrogen and oxygen atoms in total. The van der Waals surface area contributed by atoms with Crippen molar-refractivity contribution in [1.29, 1.82) is 0 Å². The van der Waals surface area contributed by atoms with Gasteiger partial charge in [0.1, 0.15) is 11.8 Å². The molecule has 1 fully saturated rings. The fourth-order valence-corrected chi connectivity index (χ4v) is 6.13. The van der Waals surface area contributed by atoms with E-state index in [9.17, 15) is 28.0 Å². The van der Waals surface area contributed by atoms with Crippen LogP contribution in [0.15, 0.2) is 59.5 Å². The van der Waals surface area contributed by atoms with Gasteiger partial charge in [-0.15, -0.1) is 0 Å². The summed E-state index contributed by atoms with van der Waals surface area (Å²) in [6, 6.07) is 13.1. The van der Waals surface area contributed by atoms with Crippen molar-refractivity contribution in [2.45, 2.75) is 36.6 Å². The van der Waals surface area contributed by atoms with E-state index in [0.29, 0.717) is 43.8 Å². The monoisotopic (exact) mass is 562 g/mol. The summed E-state index contributed by atoms with van der Waals surface area (Å²) in [7, 11) is -2.83. The number of likely N-dealkylation sites (tertiary alicyclic amines) is 1. The molecule has 1 heterocycles. The van der Waals surface area contributed by atoms with Gasteiger partial charge in [0, 0.05) is 32.6 Å². The van der Waals surface area contributed by atoms with E-state index in [1.165, 1.54) is 31.4 Å². The maximum atomic E-state index is 13.8. The van der Waals surface area contributed by atoms with Crippen LogP contribution in [0.4, 0.5) is 4.79 Å². The number of benzene rings is 2. The van der Waals surface area contributed by atoms with Crippen molar-refractivity contribution in [1.82, 2.24) is 20.0 Å². The first kappa shape index (κ1) is 29.9. The topological polar surface area (TPSA) is 166 Å². The lowest BCUT2D eigenvalue weighted by molar-refractivity contribution is -0.135. The number of carbonyl (C=O) groups excluding carboxylic acids is 2. The lowest BCUT2D eigenvalue weighted by Gasteiger charge is -2.33. The van der Waals surface area contributed by atoms with Gasteiger partial charge >= 0.3 is 6.09 Å². The second kappa shape index (κ2) is 13.9. The molecule has 0 radical (unpaired) electrons. The number of hydroxylamine groups is 1. The highest BCUT2D eigenvalue weighted by molar-refractivity contribution is 7.89. The molecule has 0 aliphatic carbocycles. The highest BCUT2D eigenvalue weighted by Gasteiger charge is 2.37. The Morgan fingerprint density at radius 1 is 1.08 bits per heavy atom. The minimum Gasteiger partial charge on any atom is -0.497 e. The molecule has 2 aromatic carbocycles. The van der Waals surface area contributed by atoms with Crippen molar-refractivity contribution in [2.24, 2.45) is 5.92 Å². The van der Waals surface area contributed by atoms with Crippen LogP contribution in [0.3, 0.4) is 0 Å². The highest BCUT2D eigenvalue weighted by Crippen LogP contribution is 2.24.